The maximum Gasteiger partial charge on any atom is 0.237 e. The number of hydrogen-bond acceptors (Lipinski definition) is 3. The van der Waals surface area contributed by atoms with Crippen molar-refractivity contribution in [3.8, 4) is 5.75 Å². The van der Waals surface area contributed by atoms with E-state index in [0.717, 1.165) is 11.3 Å². The highest BCUT2D eigenvalue weighted by atomic mass is 16.5. The van der Waals surface area contributed by atoms with Crippen LogP contribution in [0.15, 0.2) is 24.3 Å². The van der Waals surface area contributed by atoms with Gasteiger partial charge in [0.15, 0.2) is 0 Å². The van der Waals surface area contributed by atoms with E-state index in [1.54, 1.807) is 0 Å². The number of carbonyl (C=O) groups excluding carboxylic acids is 1. The highest BCUT2D eigenvalue weighted by Gasteiger charge is 2.17. The minimum atomic E-state index is -0.451. The highest BCUT2D eigenvalue weighted by Crippen LogP contribution is 2.19. The van der Waals surface area contributed by atoms with Gasteiger partial charge in [-0.15, -0.1) is 0 Å². The third kappa shape index (κ3) is 5.21. The van der Waals surface area contributed by atoms with Gasteiger partial charge in [-0.25, -0.2) is 0 Å². The third-order valence-corrected chi connectivity index (χ3v) is 3.09. The molecule has 1 aromatic rings. The van der Waals surface area contributed by atoms with Crippen LogP contribution in [-0.4, -0.2) is 18.6 Å². The minimum Gasteiger partial charge on any atom is -0.494 e. The lowest BCUT2D eigenvalue weighted by Gasteiger charge is -2.19. The molecular weight excluding hydrogens is 252 g/mol. The number of carbonyl (C=O) groups is 1. The molecule has 112 valence electrons. The first kappa shape index (κ1) is 16.5. The summed E-state index contributed by atoms with van der Waals surface area (Å²) in [6, 6.07) is 7.22. The van der Waals surface area contributed by atoms with Gasteiger partial charge in [0.2, 0.25) is 5.91 Å². The summed E-state index contributed by atoms with van der Waals surface area (Å²) in [5.74, 6) is 1.12. The first-order valence-corrected chi connectivity index (χ1v) is 7.22. The maximum absolute atomic E-state index is 12.0. The Balaban J connectivity index is 2.63. The number of amides is 1. The van der Waals surface area contributed by atoms with Crippen LogP contribution in [0.5, 0.6) is 5.75 Å². The normalized spacial score (nSPS) is 13.9. The molecule has 0 aliphatic carbocycles. The zero-order chi connectivity index (χ0) is 15.1. The molecule has 4 heteroatoms. The zero-order valence-electron chi connectivity index (χ0n) is 12.8. The molecule has 3 N–H and O–H groups in total. The Labute approximate surface area is 121 Å². The average molecular weight is 278 g/mol. The van der Waals surface area contributed by atoms with Crippen molar-refractivity contribution in [1.82, 2.24) is 5.32 Å². The summed E-state index contributed by atoms with van der Waals surface area (Å²) in [5.41, 5.74) is 6.90. The Morgan fingerprint density at radius 3 is 2.65 bits per heavy atom. The van der Waals surface area contributed by atoms with Gasteiger partial charge in [-0.3, -0.25) is 4.79 Å². The van der Waals surface area contributed by atoms with Gasteiger partial charge in [-0.2, -0.15) is 0 Å². The van der Waals surface area contributed by atoms with Crippen LogP contribution in [0.25, 0.3) is 0 Å². The van der Waals surface area contributed by atoms with Gasteiger partial charge in [0.05, 0.1) is 18.7 Å². The van der Waals surface area contributed by atoms with Crippen molar-refractivity contribution >= 4 is 5.91 Å². The first-order chi connectivity index (χ1) is 9.43. The van der Waals surface area contributed by atoms with E-state index in [2.05, 4.69) is 19.2 Å². The van der Waals surface area contributed by atoms with Crippen molar-refractivity contribution in [2.24, 2.45) is 11.7 Å². The minimum absolute atomic E-state index is 0.0823. The molecule has 1 amide bonds. The number of nitrogens with one attached hydrogen (secondary N) is 1. The molecule has 0 heterocycles. The summed E-state index contributed by atoms with van der Waals surface area (Å²) >= 11 is 0. The summed E-state index contributed by atoms with van der Waals surface area (Å²) in [7, 11) is 0. The number of hydrogen-bond donors (Lipinski definition) is 2. The van der Waals surface area contributed by atoms with Gasteiger partial charge in [-0.1, -0.05) is 26.0 Å². The standard InChI is InChI=1S/C16H26N2O2/c1-5-20-14-8-6-7-13(10-14)12(4)18-16(19)15(17)9-11(2)3/h6-8,10-12,15H,5,9,17H2,1-4H3,(H,18,19)/t12-,15+/m1/s1. The molecule has 0 aromatic heterocycles. The smallest absolute Gasteiger partial charge is 0.237 e. The van der Waals surface area contributed by atoms with Crippen LogP contribution in [0.4, 0.5) is 0 Å². The van der Waals surface area contributed by atoms with Crippen molar-refractivity contribution in [1.29, 1.82) is 0 Å². The fraction of sp³-hybridized carbons (Fsp3) is 0.562. The van der Waals surface area contributed by atoms with Crippen molar-refractivity contribution in [2.75, 3.05) is 6.61 Å². The van der Waals surface area contributed by atoms with E-state index in [1.807, 2.05) is 38.1 Å². The second-order valence-electron chi connectivity index (χ2n) is 5.47. The van der Waals surface area contributed by atoms with Crippen LogP contribution in [-0.2, 0) is 4.79 Å². The van der Waals surface area contributed by atoms with Gasteiger partial charge in [0, 0.05) is 0 Å². The van der Waals surface area contributed by atoms with E-state index in [-0.39, 0.29) is 11.9 Å². The van der Waals surface area contributed by atoms with Gasteiger partial charge >= 0.3 is 0 Å². The van der Waals surface area contributed by atoms with Crippen LogP contribution in [0.3, 0.4) is 0 Å². The van der Waals surface area contributed by atoms with Crippen LogP contribution in [0, 0.1) is 5.92 Å². The number of nitrogens with two attached hydrogens (primary N) is 1. The average Bonchev–Trinajstić information content (AvgIpc) is 2.38. The molecule has 0 radical (unpaired) electrons. The van der Waals surface area contributed by atoms with E-state index in [4.69, 9.17) is 10.5 Å². The SMILES string of the molecule is CCOc1cccc([C@@H](C)NC(=O)[C@@H](N)CC(C)C)c1. The summed E-state index contributed by atoms with van der Waals surface area (Å²) in [5, 5.41) is 2.95. The molecule has 4 nitrogen and oxygen atoms in total. The zero-order valence-corrected chi connectivity index (χ0v) is 12.8. The topological polar surface area (TPSA) is 64.3 Å². The molecule has 0 saturated carbocycles. The molecule has 0 aliphatic rings. The number of rotatable bonds is 7. The van der Waals surface area contributed by atoms with Crippen LogP contribution >= 0.6 is 0 Å². The van der Waals surface area contributed by atoms with Crippen molar-refractivity contribution in [3.63, 3.8) is 0 Å². The quantitative estimate of drug-likeness (QED) is 0.806. The molecule has 2 atom stereocenters. The van der Waals surface area contributed by atoms with Crippen molar-refractivity contribution < 1.29 is 9.53 Å². The molecule has 0 bridgehead atoms. The molecule has 1 rings (SSSR count). The second kappa shape index (κ2) is 7.90. The monoisotopic (exact) mass is 278 g/mol. The summed E-state index contributed by atoms with van der Waals surface area (Å²) in [4.78, 5) is 12.0. The summed E-state index contributed by atoms with van der Waals surface area (Å²) < 4.78 is 5.46. The van der Waals surface area contributed by atoms with E-state index < -0.39 is 6.04 Å². The first-order valence-electron chi connectivity index (χ1n) is 7.22. The van der Waals surface area contributed by atoms with Crippen molar-refractivity contribution in [2.45, 2.75) is 46.2 Å². The van der Waals surface area contributed by atoms with Crippen LogP contribution in [0.2, 0.25) is 0 Å². The third-order valence-electron chi connectivity index (χ3n) is 3.09. The van der Waals surface area contributed by atoms with Crippen molar-refractivity contribution in [3.05, 3.63) is 29.8 Å². The second-order valence-corrected chi connectivity index (χ2v) is 5.47. The molecule has 0 fully saturated rings. The van der Waals surface area contributed by atoms with E-state index >= 15 is 0 Å². The Hall–Kier alpha value is -1.55. The largest absolute Gasteiger partial charge is 0.494 e. The molecule has 20 heavy (non-hydrogen) atoms. The predicted molar refractivity (Wildman–Crippen MR) is 81.6 cm³/mol. The number of benzene rings is 1. The van der Waals surface area contributed by atoms with Gasteiger partial charge in [-0.05, 0) is 43.9 Å². The molecule has 0 unspecified atom stereocenters. The van der Waals surface area contributed by atoms with E-state index in [0.29, 0.717) is 18.9 Å². The Morgan fingerprint density at radius 1 is 1.35 bits per heavy atom. The van der Waals surface area contributed by atoms with E-state index in [9.17, 15) is 4.79 Å². The van der Waals surface area contributed by atoms with Crippen LogP contribution < -0.4 is 15.8 Å². The van der Waals surface area contributed by atoms with Gasteiger partial charge in [0.1, 0.15) is 5.75 Å². The Kier molecular flexibility index (Phi) is 6.52. The molecular formula is C16H26N2O2. The van der Waals surface area contributed by atoms with E-state index in [1.165, 1.54) is 0 Å². The predicted octanol–water partition coefficient (Wildman–Crippen LogP) is 2.64. The van der Waals surface area contributed by atoms with Gasteiger partial charge < -0.3 is 15.8 Å². The van der Waals surface area contributed by atoms with Gasteiger partial charge in [0.25, 0.3) is 0 Å². The summed E-state index contributed by atoms with van der Waals surface area (Å²) in [6.07, 6.45) is 0.692. The molecule has 0 saturated heterocycles. The Morgan fingerprint density at radius 2 is 2.05 bits per heavy atom. The maximum atomic E-state index is 12.0. The number of ether oxygens (including phenoxy) is 1. The summed E-state index contributed by atoms with van der Waals surface area (Å²) in [6.45, 7) is 8.64. The lowest BCUT2D eigenvalue weighted by atomic mass is 10.0. The molecule has 0 spiro atoms. The highest BCUT2D eigenvalue weighted by molar-refractivity contribution is 5.81. The molecule has 0 aliphatic heterocycles. The lowest BCUT2D eigenvalue weighted by Crippen LogP contribution is -2.42. The fourth-order valence-corrected chi connectivity index (χ4v) is 2.06. The van der Waals surface area contributed by atoms with Crippen LogP contribution in [0.1, 0.15) is 45.7 Å². The molecule has 1 aromatic carbocycles. The lowest BCUT2D eigenvalue weighted by molar-refractivity contribution is -0.123. The fourth-order valence-electron chi connectivity index (χ4n) is 2.06. The Bertz CT molecular complexity index is 432.